The highest BCUT2D eigenvalue weighted by Crippen LogP contribution is 2.49. The Morgan fingerprint density at radius 1 is 0.535 bits per heavy atom. The van der Waals surface area contributed by atoms with Crippen molar-refractivity contribution in [2.75, 3.05) is 0 Å². The molecule has 2 aliphatic carbocycles. The summed E-state index contributed by atoms with van der Waals surface area (Å²) in [5, 5.41) is 7.47. The first-order valence-corrected chi connectivity index (χ1v) is 15.0. The molecule has 1 heterocycles. The lowest BCUT2D eigenvalue weighted by atomic mass is 9.69. The number of fused-ring (bicyclic) bond motifs is 8. The molecular formula is C41H28N2. The predicted octanol–water partition coefficient (Wildman–Crippen LogP) is 10.6. The van der Waals surface area contributed by atoms with Crippen LogP contribution in [0.5, 0.6) is 0 Å². The molecule has 43 heavy (non-hydrogen) atoms. The molecule has 9 rings (SSSR count). The molecule has 7 aromatic rings. The highest BCUT2D eigenvalue weighted by atomic mass is 14.8. The number of allylic oxidation sites excluding steroid dienone is 2. The summed E-state index contributed by atoms with van der Waals surface area (Å²) in [6, 6.07) is 39.4. The van der Waals surface area contributed by atoms with Gasteiger partial charge in [-0.2, -0.15) is 0 Å². The van der Waals surface area contributed by atoms with E-state index in [1.54, 1.807) is 0 Å². The Balaban J connectivity index is 1.13. The minimum Gasteiger partial charge on any atom is -0.252 e. The fourth-order valence-electron chi connectivity index (χ4n) is 7.40. The second-order valence-corrected chi connectivity index (χ2v) is 11.8. The van der Waals surface area contributed by atoms with E-state index in [1.807, 2.05) is 12.4 Å². The zero-order valence-electron chi connectivity index (χ0n) is 23.8. The molecule has 0 aliphatic heterocycles. The third kappa shape index (κ3) is 3.73. The molecule has 0 N–H and O–H groups in total. The summed E-state index contributed by atoms with van der Waals surface area (Å²) >= 11 is 0. The van der Waals surface area contributed by atoms with E-state index in [-0.39, 0.29) is 0 Å². The van der Waals surface area contributed by atoms with Gasteiger partial charge in [-0.3, -0.25) is 9.97 Å². The van der Waals surface area contributed by atoms with Gasteiger partial charge in [0.1, 0.15) is 0 Å². The fraction of sp³-hybridized carbons (Fsp3) is 0.0732. The van der Waals surface area contributed by atoms with E-state index in [0.717, 1.165) is 17.0 Å². The molecule has 0 fully saturated rings. The van der Waals surface area contributed by atoms with Gasteiger partial charge >= 0.3 is 0 Å². The normalized spacial score (nSPS) is 17.0. The van der Waals surface area contributed by atoms with Crippen LogP contribution in [-0.4, -0.2) is 9.97 Å². The van der Waals surface area contributed by atoms with Gasteiger partial charge in [-0.25, -0.2) is 0 Å². The highest BCUT2D eigenvalue weighted by Gasteiger charge is 2.32. The highest BCUT2D eigenvalue weighted by molar-refractivity contribution is 6.14. The lowest BCUT2D eigenvalue weighted by Gasteiger charge is -2.34. The maximum atomic E-state index is 5.02. The van der Waals surface area contributed by atoms with E-state index in [2.05, 4.69) is 134 Å². The van der Waals surface area contributed by atoms with Crippen molar-refractivity contribution in [1.29, 1.82) is 0 Å². The summed E-state index contributed by atoms with van der Waals surface area (Å²) in [7, 11) is 0. The minimum atomic E-state index is 0.333. The summed E-state index contributed by atoms with van der Waals surface area (Å²) in [5.41, 5.74) is 10.8. The molecule has 0 radical (unpaired) electrons. The molecule has 2 aliphatic rings. The van der Waals surface area contributed by atoms with Crippen molar-refractivity contribution in [3.63, 3.8) is 0 Å². The molecule has 2 unspecified atom stereocenters. The third-order valence-electron chi connectivity index (χ3n) is 9.51. The molecule has 0 saturated carbocycles. The van der Waals surface area contributed by atoms with E-state index >= 15 is 0 Å². The molecular weight excluding hydrogens is 520 g/mol. The van der Waals surface area contributed by atoms with Crippen LogP contribution in [0.2, 0.25) is 0 Å². The van der Waals surface area contributed by atoms with E-state index in [1.165, 1.54) is 65.7 Å². The van der Waals surface area contributed by atoms with Crippen molar-refractivity contribution in [1.82, 2.24) is 9.97 Å². The van der Waals surface area contributed by atoms with Crippen LogP contribution in [0, 0.1) is 5.92 Å². The van der Waals surface area contributed by atoms with Crippen LogP contribution in [0.4, 0.5) is 0 Å². The van der Waals surface area contributed by atoms with Crippen molar-refractivity contribution in [2.24, 2.45) is 5.92 Å². The van der Waals surface area contributed by atoms with Crippen molar-refractivity contribution in [3.8, 4) is 22.5 Å². The largest absolute Gasteiger partial charge is 0.252 e. The van der Waals surface area contributed by atoms with Gasteiger partial charge in [0.05, 0.1) is 23.8 Å². The van der Waals surface area contributed by atoms with Gasteiger partial charge in [0, 0.05) is 17.0 Å². The average molecular weight is 549 g/mol. The molecule has 0 bridgehead atoms. The van der Waals surface area contributed by atoms with Crippen LogP contribution >= 0.6 is 0 Å². The average Bonchev–Trinajstić information content (AvgIpc) is 3.07. The van der Waals surface area contributed by atoms with Crippen molar-refractivity contribution in [3.05, 3.63) is 150 Å². The Morgan fingerprint density at radius 3 is 2.09 bits per heavy atom. The van der Waals surface area contributed by atoms with E-state index in [4.69, 9.17) is 9.97 Å². The van der Waals surface area contributed by atoms with Gasteiger partial charge in [0.25, 0.3) is 0 Å². The van der Waals surface area contributed by atoms with Gasteiger partial charge in [0.15, 0.2) is 0 Å². The smallest absolute Gasteiger partial charge is 0.0891 e. The van der Waals surface area contributed by atoms with Gasteiger partial charge in [-0.05, 0) is 78.2 Å². The van der Waals surface area contributed by atoms with Crippen LogP contribution in [-0.2, 0) is 0 Å². The Kier molecular flexibility index (Phi) is 5.27. The van der Waals surface area contributed by atoms with Crippen molar-refractivity contribution < 1.29 is 0 Å². The number of benzene rings is 6. The van der Waals surface area contributed by atoms with E-state index < -0.39 is 0 Å². The molecule has 0 amide bonds. The predicted molar refractivity (Wildman–Crippen MR) is 181 cm³/mol. The number of hydrogen-bond donors (Lipinski definition) is 0. The standard InChI is InChI=1S/C41H28N2/c1-25-31-19-18-27-9-3-5-13-33(27)38(31)22-30-11-7-15-35(41(25)30)40-24-42-39(23-43-40)34-14-6-10-28-20-36-29(21-37(28)34)17-16-26-8-2-4-12-32(26)36/h2-25,31H,1H3. The van der Waals surface area contributed by atoms with Crippen LogP contribution in [0.3, 0.4) is 0 Å². The summed E-state index contributed by atoms with van der Waals surface area (Å²) in [5.74, 6) is 0.679. The van der Waals surface area contributed by atoms with Crippen LogP contribution < -0.4 is 0 Å². The zero-order valence-corrected chi connectivity index (χ0v) is 23.8. The molecule has 0 saturated heterocycles. The Morgan fingerprint density at radius 2 is 1.19 bits per heavy atom. The van der Waals surface area contributed by atoms with Crippen LogP contribution in [0.1, 0.15) is 35.1 Å². The second kappa shape index (κ2) is 9.34. The minimum absolute atomic E-state index is 0.333. The van der Waals surface area contributed by atoms with Gasteiger partial charge < -0.3 is 0 Å². The number of hydrogen-bond acceptors (Lipinski definition) is 2. The van der Waals surface area contributed by atoms with Crippen LogP contribution in [0.15, 0.2) is 128 Å². The lowest BCUT2D eigenvalue weighted by molar-refractivity contribution is 0.656. The Labute approximate surface area is 250 Å². The Bertz CT molecular complexity index is 2310. The molecule has 2 atom stereocenters. The van der Waals surface area contributed by atoms with Gasteiger partial charge in [0.2, 0.25) is 0 Å². The van der Waals surface area contributed by atoms with Crippen molar-refractivity contribution >= 4 is 50.0 Å². The molecule has 2 nitrogen and oxygen atoms in total. The zero-order chi connectivity index (χ0) is 28.5. The lowest BCUT2D eigenvalue weighted by Crippen LogP contribution is -2.18. The first-order chi connectivity index (χ1) is 21.2. The number of aromatic nitrogens is 2. The quantitative estimate of drug-likeness (QED) is 0.159. The maximum Gasteiger partial charge on any atom is 0.0891 e. The molecule has 202 valence electrons. The first kappa shape index (κ1) is 24.3. The molecule has 0 spiro atoms. The van der Waals surface area contributed by atoms with Crippen LogP contribution in [0.25, 0.3) is 72.6 Å². The maximum absolute atomic E-state index is 5.02. The SMILES string of the molecule is CC1c2c(cccc2-c2cnc(-c3cccc4cc5c(ccc6ccccc65)cc34)cn2)C=C2c3ccccc3C=CC21. The third-order valence-corrected chi connectivity index (χ3v) is 9.51. The summed E-state index contributed by atoms with van der Waals surface area (Å²) < 4.78 is 0. The van der Waals surface area contributed by atoms with Gasteiger partial charge in [-0.15, -0.1) is 0 Å². The van der Waals surface area contributed by atoms with Crippen molar-refractivity contribution in [2.45, 2.75) is 12.8 Å². The molecule has 6 aromatic carbocycles. The van der Waals surface area contributed by atoms with E-state index in [0.29, 0.717) is 11.8 Å². The second-order valence-electron chi connectivity index (χ2n) is 11.8. The Hall–Kier alpha value is -5.34. The number of nitrogens with zero attached hydrogens (tertiary/aromatic N) is 2. The van der Waals surface area contributed by atoms with Gasteiger partial charge in [-0.1, -0.05) is 122 Å². The van der Waals surface area contributed by atoms with E-state index in [9.17, 15) is 0 Å². The number of rotatable bonds is 2. The monoisotopic (exact) mass is 548 g/mol. The summed E-state index contributed by atoms with van der Waals surface area (Å²) in [6.45, 7) is 2.35. The topological polar surface area (TPSA) is 25.8 Å². The summed E-state index contributed by atoms with van der Waals surface area (Å²) in [6.07, 6.45) is 10.9. The molecule has 2 heteroatoms. The summed E-state index contributed by atoms with van der Waals surface area (Å²) in [4.78, 5) is 10.0. The molecule has 1 aromatic heterocycles. The first-order valence-electron chi connectivity index (χ1n) is 15.0. The fourth-order valence-corrected chi connectivity index (χ4v) is 7.40.